The van der Waals surface area contributed by atoms with E-state index < -0.39 is 0 Å². The Hall–Kier alpha value is -0.610. The molecule has 0 radical (unpaired) electrons. The zero-order valence-corrected chi connectivity index (χ0v) is 11.4. The van der Waals surface area contributed by atoms with Crippen molar-refractivity contribution in [2.24, 2.45) is 11.8 Å². The van der Waals surface area contributed by atoms with Crippen LogP contribution in [0.2, 0.25) is 10.6 Å². The standard InChI is InChI=1S/C11H15Cl2N3O/c1-6-3-7(2)5-8(4-6)17-11-15-9(12)14-10(13)16-11/h6-8H,3-5H2,1-2H3. The fraction of sp³-hybridized carbons (Fsp3) is 0.727. The van der Waals surface area contributed by atoms with E-state index in [0.717, 1.165) is 12.8 Å². The number of aromatic nitrogens is 3. The smallest absolute Gasteiger partial charge is 0.322 e. The highest BCUT2D eigenvalue weighted by Gasteiger charge is 2.26. The minimum Gasteiger partial charge on any atom is -0.460 e. The topological polar surface area (TPSA) is 47.9 Å². The lowest BCUT2D eigenvalue weighted by Crippen LogP contribution is -2.29. The molecule has 1 saturated carbocycles. The molecule has 17 heavy (non-hydrogen) atoms. The molecular formula is C11H15Cl2N3O. The predicted octanol–water partition coefficient (Wildman–Crippen LogP) is 3.38. The largest absolute Gasteiger partial charge is 0.460 e. The molecule has 6 heteroatoms. The average molecular weight is 276 g/mol. The molecule has 0 saturated heterocycles. The highest BCUT2D eigenvalue weighted by atomic mass is 35.5. The monoisotopic (exact) mass is 275 g/mol. The number of nitrogens with zero attached hydrogens (tertiary/aromatic N) is 3. The summed E-state index contributed by atoms with van der Waals surface area (Å²) in [7, 11) is 0. The van der Waals surface area contributed by atoms with Crippen LogP contribution in [0.5, 0.6) is 6.01 Å². The van der Waals surface area contributed by atoms with Crippen molar-refractivity contribution in [2.45, 2.75) is 39.2 Å². The average Bonchev–Trinajstić information content (AvgIpc) is 2.13. The first kappa shape index (κ1) is 12.8. The van der Waals surface area contributed by atoms with Crippen molar-refractivity contribution in [1.29, 1.82) is 0 Å². The quantitative estimate of drug-likeness (QED) is 0.830. The molecular weight excluding hydrogens is 261 g/mol. The molecule has 1 aliphatic rings. The van der Waals surface area contributed by atoms with Crippen molar-refractivity contribution in [3.63, 3.8) is 0 Å². The molecule has 0 bridgehead atoms. The Morgan fingerprint density at radius 3 is 2.00 bits per heavy atom. The van der Waals surface area contributed by atoms with Crippen molar-refractivity contribution in [3.8, 4) is 6.01 Å². The Morgan fingerprint density at radius 1 is 0.941 bits per heavy atom. The molecule has 0 aliphatic heterocycles. The van der Waals surface area contributed by atoms with E-state index in [9.17, 15) is 0 Å². The Kier molecular flexibility index (Phi) is 4.05. The van der Waals surface area contributed by atoms with Crippen LogP contribution in [0.25, 0.3) is 0 Å². The Balaban J connectivity index is 2.04. The van der Waals surface area contributed by atoms with E-state index in [2.05, 4.69) is 28.8 Å². The maximum absolute atomic E-state index is 5.73. The van der Waals surface area contributed by atoms with Crippen molar-refractivity contribution in [1.82, 2.24) is 15.0 Å². The van der Waals surface area contributed by atoms with Gasteiger partial charge in [0.25, 0.3) is 0 Å². The molecule has 94 valence electrons. The normalized spacial score (nSPS) is 29.1. The molecule has 1 heterocycles. The van der Waals surface area contributed by atoms with Crippen LogP contribution in [-0.2, 0) is 0 Å². The van der Waals surface area contributed by atoms with Crippen LogP contribution in [0.4, 0.5) is 0 Å². The van der Waals surface area contributed by atoms with Gasteiger partial charge in [0.15, 0.2) is 0 Å². The van der Waals surface area contributed by atoms with E-state index in [1.54, 1.807) is 0 Å². The molecule has 1 aliphatic carbocycles. The summed E-state index contributed by atoms with van der Waals surface area (Å²) in [6.45, 7) is 4.47. The van der Waals surface area contributed by atoms with E-state index in [1.165, 1.54) is 6.42 Å². The zero-order valence-electron chi connectivity index (χ0n) is 9.86. The molecule has 0 aromatic carbocycles. The molecule has 2 rings (SSSR count). The van der Waals surface area contributed by atoms with E-state index in [4.69, 9.17) is 27.9 Å². The third kappa shape index (κ3) is 3.68. The summed E-state index contributed by atoms with van der Waals surface area (Å²) >= 11 is 11.4. The van der Waals surface area contributed by atoms with Gasteiger partial charge in [-0.05, 0) is 54.3 Å². The number of hydrogen-bond donors (Lipinski definition) is 0. The minimum absolute atomic E-state index is 0.0666. The minimum atomic E-state index is 0.0666. The van der Waals surface area contributed by atoms with Crippen LogP contribution >= 0.6 is 23.2 Å². The number of halogens is 2. The molecule has 4 nitrogen and oxygen atoms in total. The Labute approximate surface area is 111 Å². The van der Waals surface area contributed by atoms with Gasteiger partial charge < -0.3 is 4.74 Å². The van der Waals surface area contributed by atoms with Gasteiger partial charge in [-0.1, -0.05) is 13.8 Å². The third-order valence-electron chi connectivity index (χ3n) is 2.97. The fourth-order valence-corrected chi connectivity index (χ4v) is 2.83. The molecule has 0 amide bonds. The molecule has 0 N–H and O–H groups in total. The summed E-state index contributed by atoms with van der Waals surface area (Å²) in [4.78, 5) is 11.5. The van der Waals surface area contributed by atoms with Crippen LogP contribution in [0, 0.1) is 11.8 Å². The van der Waals surface area contributed by atoms with Crippen molar-refractivity contribution in [2.75, 3.05) is 0 Å². The highest BCUT2D eigenvalue weighted by molar-refractivity contribution is 6.31. The Bertz CT molecular complexity index is 372. The van der Waals surface area contributed by atoms with E-state index in [0.29, 0.717) is 11.8 Å². The molecule has 2 atom stereocenters. The lowest BCUT2D eigenvalue weighted by molar-refractivity contribution is 0.0918. The third-order valence-corrected chi connectivity index (χ3v) is 3.31. The van der Waals surface area contributed by atoms with Gasteiger partial charge in [0.05, 0.1) is 0 Å². The lowest BCUT2D eigenvalue weighted by Gasteiger charge is -2.30. The molecule has 1 fully saturated rings. The van der Waals surface area contributed by atoms with E-state index in [1.807, 2.05) is 0 Å². The van der Waals surface area contributed by atoms with Gasteiger partial charge in [-0.3, -0.25) is 0 Å². The van der Waals surface area contributed by atoms with Gasteiger partial charge >= 0.3 is 6.01 Å². The van der Waals surface area contributed by atoms with Crippen molar-refractivity contribution in [3.05, 3.63) is 10.6 Å². The summed E-state index contributed by atoms with van der Waals surface area (Å²) in [5, 5.41) is 0.133. The summed E-state index contributed by atoms with van der Waals surface area (Å²) in [5.41, 5.74) is 0. The van der Waals surface area contributed by atoms with E-state index in [-0.39, 0.29) is 22.7 Å². The van der Waals surface area contributed by atoms with Gasteiger partial charge in [-0.2, -0.15) is 15.0 Å². The van der Waals surface area contributed by atoms with Gasteiger partial charge in [-0.25, -0.2) is 0 Å². The molecule has 0 spiro atoms. The first-order valence-electron chi connectivity index (χ1n) is 5.76. The molecule has 1 aromatic heterocycles. The van der Waals surface area contributed by atoms with Gasteiger partial charge in [0, 0.05) is 0 Å². The van der Waals surface area contributed by atoms with Gasteiger partial charge in [-0.15, -0.1) is 0 Å². The number of rotatable bonds is 2. The van der Waals surface area contributed by atoms with Crippen LogP contribution in [0.1, 0.15) is 33.1 Å². The summed E-state index contributed by atoms with van der Waals surface area (Å²) in [6.07, 6.45) is 3.43. The number of hydrogen-bond acceptors (Lipinski definition) is 4. The second kappa shape index (κ2) is 5.36. The second-order valence-corrected chi connectivity index (χ2v) is 5.49. The highest BCUT2D eigenvalue weighted by Crippen LogP contribution is 2.30. The second-order valence-electron chi connectivity index (χ2n) is 4.81. The van der Waals surface area contributed by atoms with Crippen LogP contribution in [0.3, 0.4) is 0 Å². The summed E-state index contributed by atoms with van der Waals surface area (Å²) in [6, 6.07) is 0.223. The fourth-order valence-electron chi connectivity index (χ4n) is 2.48. The number of ether oxygens (including phenoxy) is 1. The first-order valence-corrected chi connectivity index (χ1v) is 6.52. The lowest BCUT2D eigenvalue weighted by atomic mass is 9.82. The predicted molar refractivity (Wildman–Crippen MR) is 66.4 cm³/mol. The van der Waals surface area contributed by atoms with Gasteiger partial charge in [0.2, 0.25) is 10.6 Å². The first-order chi connectivity index (χ1) is 8.02. The van der Waals surface area contributed by atoms with Crippen molar-refractivity contribution < 1.29 is 4.74 Å². The zero-order chi connectivity index (χ0) is 12.4. The van der Waals surface area contributed by atoms with Crippen molar-refractivity contribution >= 4 is 23.2 Å². The van der Waals surface area contributed by atoms with Crippen LogP contribution < -0.4 is 4.74 Å². The van der Waals surface area contributed by atoms with E-state index >= 15 is 0 Å². The molecule has 1 aromatic rings. The Morgan fingerprint density at radius 2 is 1.47 bits per heavy atom. The maximum Gasteiger partial charge on any atom is 0.322 e. The van der Waals surface area contributed by atoms with Crippen LogP contribution in [0.15, 0.2) is 0 Å². The van der Waals surface area contributed by atoms with Gasteiger partial charge in [0.1, 0.15) is 6.10 Å². The summed E-state index contributed by atoms with van der Waals surface area (Å²) in [5.74, 6) is 1.33. The maximum atomic E-state index is 5.73. The van der Waals surface area contributed by atoms with Crippen LogP contribution in [-0.4, -0.2) is 21.1 Å². The molecule has 2 unspecified atom stereocenters. The SMILES string of the molecule is CC1CC(C)CC(Oc2nc(Cl)nc(Cl)n2)C1. The summed E-state index contributed by atoms with van der Waals surface area (Å²) < 4.78 is 5.73.